The smallest absolute Gasteiger partial charge is 0.262 e. The van der Waals surface area contributed by atoms with Crippen LogP contribution in [0.3, 0.4) is 0 Å². The third-order valence-electron chi connectivity index (χ3n) is 4.96. The molecule has 2 aromatic carbocycles. The topological polar surface area (TPSA) is 112 Å². The number of aromatic nitrogens is 1. The quantitative estimate of drug-likeness (QED) is 0.187. The Hall–Kier alpha value is -3.98. The van der Waals surface area contributed by atoms with E-state index in [0.717, 1.165) is 28.9 Å². The summed E-state index contributed by atoms with van der Waals surface area (Å²) in [6, 6.07) is 13.3. The summed E-state index contributed by atoms with van der Waals surface area (Å²) in [4.78, 5) is 13.4. The highest BCUT2D eigenvalue weighted by Crippen LogP contribution is 2.30. The molecule has 0 spiro atoms. The Morgan fingerprint density at radius 1 is 1.27 bits per heavy atom. The molecule has 3 N–H and O–H groups in total. The van der Waals surface area contributed by atoms with Crippen molar-refractivity contribution in [3.05, 3.63) is 105 Å². The number of aryl methyl sites for hydroxylation is 1. The van der Waals surface area contributed by atoms with Crippen LogP contribution in [0.5, 0.6) is 11.5 Å². The Kier molecular flexibility index (Phi) is 13.3. The first kappa shape index (κ1) is 31.1. The van der Waals surface area contributed by atoms with Crippen LogP contribution in [-0.2, 0) is 6.42 Å². The van der Waals surface area contributed by atoms with Crippen molar-refractivity contribution in [3.63, 3.8) is 0 Å². The van der Waals surface area contributed by atoms with Crippen LogP contribution in [0.25, 0.3) is 11.3 Å². The number of thiazole rings is 1. The summed E-state index contributed by atoms with van der Waals surface area (Å²) in [6.45, 7) is 11.3. The van der Waals surface area contributed by atoms with E-state index in [1.807, 2.05) is 50.2 Å². The van der Waals surface area contributed by atoms with Gasteiger partial charge in [-0.25, -0.2) is 4.98 Å². The van der Waals surface area contributed by atoms with Gasteiger partial charge in [-0.1, -0.05) is 86.7 Å². The van der Waals surface area contributed by atoms with E-state index >= 15 is 0 Å². The highest BCUT2D eigenvalue weighted by Gasteiger charge is 2.11. The van der Waals surface area contributed by atoms with Crippen molar-refractivity contribution in [2.24, 2.45) is 0 Å². The van der Waals surface area contributed by atoms with Crippen LogP contribution >= 0.6 is 11.3 Å². The lowest BCUT2D eigenvalue weighted by atomic mass is 10.0. The number of methoxy groups -OCH3 is 1. The predicted octanol–water partition coefficient (Wildman–Crippen LogP) is 7.53. The van der Waals surface area contributed by atoms with E-state index in [-0.39, 0.29) is 21.7 Å². The Balaban J connectivity index is 0.000000290. The fourth-order valence-electron chi connectivity index (χ4n) is 2.88. The van der Waals surface area contributed by atoms with Gasteiger partial charge in [0.05, 0.1) is 12.0 Å². The fourth-order valence-corrected chi connectivity index (χ4v) is 3.46. The maximum Gasteiger partial charge on any atom is 0.262 e. The minimum Gasteiger partial charge on any atom is -0.504 e. The molecule has 1 heterocycles. The van der Waals surface area contributed by atoms with Gasteiger partial charge in [-0.15, -0.1) is 0 Å². The molecular formula is C28H34FN3O4S. The van der Waals surface area contributed by atoms with Crippen molar-refractivity contribution in [2.45, 2.75) is 40.0 Å². The zero-order valence-corrected chi connectivity index (χ0v) is 22.6. The molecule has 3 rings (SSSR count). The van der Waals surface area contributed by atoms with Crippen molar-refractivity contribution in [1.82, 2.24) is 4.98 Å². The third-order valence-corrected chi connectivity index (χ3v) is 5.64. The van der Waals surface area contributed by atoms with Gasteiger partial charge in [-0.3, -0.25) is 10.1 Å². The monoisotopic (exact) mass is 527 g/mol. The lowest BCUT2D eigenvalue weighted by Crippen LogP contribution is -1.91. The van der Waals surface area contributed by atoms with Gasteiger partial charge in [0.15, 0.2) is 16.6 Å². The lowest BCUT2D eigenvalue weighted by molar-refractivity contribution is -0.418. The number of nitrogen functional groups attached to an aromatic ring is 1. The average molecular weight is 528 g/mol. The van der Waals surface area contributed by atoms with E-state index < -0.39 is 4.92 Å². The molecule has 37 heavy (non-hydrogen) atoms. The second kappa shape index (κ2) is 15.9. The molecule has 0 aliphatic heterocycles. The van der Waals surface area contributed by atoms with Crippen LogP contribution in [0.2, 0.25) is 0 Å². The zero-order chi connectivity index (χ0) is 28.0. The number of benzene rings is 2. The number of phenolic OH excluding ortho intramolecular Hbond substituents is 1. The molecule has 3 aromatic rings. The van der Waals surface area contributed by atoms with Gasteiger partial charge in [-0.2, -0.15) is 4.39 Å². The third kappa shape index (κ3) is 10.3. The number of para-hydroxylation sites is 1. The van der Waals surface area contributed by atoms with E-state index in [0.29, 0.717) is 17.4 Å². The van der Waals surface area contributed by atoms with Crippen molar-refractivity contribution in [1.29, 1.82) is 0 Å². The van der Waals surface area contributed by atoms with Crippen LogP contribution < -0.4 is 10.5 Å². The number of halogens is 1. The molecule has 198 valence electrons. The van der Waals surface area contributed by atoms with Crippen molar-refractivity contribution in [2.75, 3.05) is 12.8 Å². The molecule has 0 atom stereocenters. The second-order valence-electron chi connectivity index (χ2n) is 7.91. The number of phenols is 1. The van der Waals surface area contributed by atoms with Gasteiger partial charge in [-0.05, 0) is 43.0 Å². The fraction of sp³-hybridized carbons (Fsp3) is 0.250. The van der Waals surface area contributed by atoms with Crippen LogP contribution in [0.15, 0.2) is 79.0 Å². The number of rotatable bonds is 7. The number of nitrogens with zero attached hydrogens (tertiary/aromatic N) is 2. The summed E-state index contributed by atoms with van der Waals surface area (Å²) in [5, 5.41) is 19.3. The van der Waals surface area contributed by atoms with Crippen molar-refractivity contribution in [3.8, 4) is 22.8 Å². The summed E-state index contributed by atoms with van der Waals surface area (Å²) >= 11 is 0.875. The van der Waals surface area contributed by atoms with E-state index in [2.05, 4.69) is 25.4 Å². The van der Waals surface area contributed by atoms with Gasteiger partial charge in [0.2, 0.25) is 5.13 Å². The van der Waals surface area contributed by atoms with Crippen LogP contribution in [0, 0.1) is 15.2 Å². The summed E-state index contributed by atoms with van der Waals surface area (Å²) < 4.78 is 18.4. The first-order valence-corrected chi connectivity index (χ1v) is 12.4. The number of hydrogen-bond donors (Lipinski definition) is 2. The zero-order valence-electron chi connectivity index (χ0n) is 21.8. The molecule has 0 aliphatic carbocycles. The maximum atomic E-state index is 13.4. The molecule has 0 fully saturated rings. The number of allylic oxidation sites excluding steroid dienone is 4. The number of ether oxygens (including phenoxy) is 1. The maximum absolute atomic E-state index is 13.4. The Labute approximate surface area is 221 Å². The Morgan fingerprint density at radius 2 is 1.92 bits per heavy atom. The van der Waals surface area contributed by atoms with Crippen LogP contribution in [-0.4, -0.2) is 22.1 Å². The minimum atomic E-state index is -0.528. The molecule has 0 bridgehead atoms. The van der Waals surface area contributed by atoms with Gasteiger partial charge >= 0.3 is 0 Å². The molecule has 0 saturated carbocycles. The molecule has 0 saturated heterocycles. The highest BCUT2D eigenvalue weighted by molar-refractivity contribution is 7.14. The molecule has 0 radical (unpaired) electrons. The number of nitrogens with two attached hydrogens (primary N) is 1. The number of aromatic hydroxyl groups is 1. The van der Waals surface area contributed by atoms with Crippen LogP contribution in [0.4, 0.5) is 9.52 Å². The number of nitro groups is 1. The Morgan fingerprint density at radius 3 is 2.38 bits per heavy atom. The minimum absolute atomic E-state index is 0.0990. The van der Waals surface area contributed by atoms with E-state index in [1.54, 1.807) is 31.4 Å². The molecule has 0 aliphatic rings. The van der Waals surface area contributed by atoms with Crippen LogP contribution in [0.1, 0.15) is 44.7 Å². The first-order chi connectivity index (χ1) is 17.5. The summed E-state index contributed by atoms with van der Waals surface area (Å²) in [5.74, 6) is 1.28. The number of anilines is 1. The summed E-state index contributed by atoms with van der Waals surface area (Å²) in [6.07, 6.45) is 7.23. The predicted molar refractivity (Wildman–Crippen MR) is 150 cm³/mol. The van der Waals surface area contributed by atoms with Gasteiger partial charge in [0, 0.05) is 11.6 Å². The molecule has 1 aromatic heterocycles. The van der Waals surface area contributed by atoms with Gasteiger partial charge in [0.1, 0.15) is 5.69 Å². The second-order valence-corrected chi connectivity index (χ2v) is 8.89. The van der Waals surface area contributed by atoms with Crippen molar-refractivity contribution >= 4 is 16.5 Å². The average Bonchev–Trinajstić information content (AvgIpc) is 3.22. The van der Waals surface area contributed by atoms with E-state index in [9.17, 15) is 19.6 Å². The van der Waals surface area contributed by atoms with E-state index in [1.165, 1.54) is 11.6 Å². The number of hydrogen-bond acceptors (Lipinski definition) is 7. The summed E-state index contributed by atoms with van der Waals surface area (Å²) in [5.41, 5.74) is 8.63. The molecule has 0 amide bonds. The first-order valence-electron chi connectivity index (χ1n) is 11.5. The largest absolute Gasteiger partial charge is 0.504 e. The summed E-state index contributed by atoms with van der Waals surface area (Å²) in [7, 11) is 1.55. The Bertz CT molecular complexity index is 1200. The SMILES string of the molecule is C=C(/C=C\C=C/C)[N+](=O)[O-].CC(C)c1ccc(-c2nc(N)sc2F)cc1.CCc1cccc(OC)c1O. The lowest BCUT2D eigenvalue weighted by Gasteiger charge is -2.05. The molecule has 9 heteroatoms. The highest BCUT2D eigenvalue weighted by atomic mass is 32.1. The van der Waals surface area contributed by atoms with Gasteiger partial charge < -0.3 is 15.6 Å². The molecule has 7 nitrogen and oxygen atoms in total. The molecule has 0 unspecified atom stereocenters. The van der Waals surface area contributed by atoms with E-state index in [4.69, 9.17) is 10.5 Å². The standard InChI is InChI=1S/C12H13FN2S.C9H12O2.C7H9NO2/c1-7(2)8-3-5-9(6-4-8)10-11(13)16-12(14)15-10;1-3-7-5-4-6-8(11-2)9(7)10;1-3-4-5-6-7(2)8(9)10/h3-7H,1-2H3,(H2,14,15);4-6,10H,3H2,1-2H3;3-6H,2H2,1H3/b;;4-3-,6-5-. The van der Waals surface area contributed by atoms with Gasteiger partial charge in [0.25, 0.3) is 5.70 Å². The molecular weight excluding hydrogens is 493 g/mol. The normalized spacial score (nSPS) is 10.6. The van der Waals surface area contributed by atoms with Crippen molar-refractivity contribution < 1.29 is 19.2 Å².